The van der Waals surface area contributed by atoms with Gasteiger partial charge in [0.15, 0.2) is 5.82 Å². The van der Waals surface area contributed by atoms with Crippen LogP contribution in [0.5, 0.6) is 0 Å². The normalized spacial score (nSPS) is 14.3. The molecule has 128 valence electrons. The molecule has 0 saturated heterocycles. The zero-order chi connectivity index (χ0) is 17.0. The van der Waals surface area contributed by atoms with Crippen LogP contribution in [0.1, 0.15) is 38.4 Å². The third kappa shape index (κ3) is 4.69. The van der Waals surface area contributed by atoms with Crippen molar-refractivity contribution in [2.75, 3.05) is 25.6 Å². The lowest BCUT2D eigenvalue weighted by Crippen LogP contribution is -2.40. The Balaban J connectivity index is 2.03. The second-order valence-corrected chi connectivity index (χ2v) is 6.47. The van der Waals surface area contributed by atoms with E-state index in [4.69, 9.17) is 9.47 Å². The van der Waals surface area contributed by atoms with Crippen molar-refractivity contribution < 1.29 is 19.1 Å². The highest BCUT2D eigenvalue weighted by atomic mass is 16.6. The first kappa shape index (κ1) is 17.3. The molecule has 0 radical (unpaired) electrons. The Morgan fingerprint density at radius 1 is 1.39 bits per heavy atom. The van der Waals surface area contributed by atoms with Gasteiger partial charge in [0.1, 0.15) is 5.60 Å². The Kier molecular flexibility index (Phi) is 5.25. The molecule has 0 aromatic carbocycles. The number of carbonyl (C=O) groups is 2. The lowest BCUT2D eigenvalue weighted by Gasteiger charge is -2.30. The molecule has 2 amide bonds. The van der Waals surface area contributed by atoms with E-state index in [9.17, 15) is 9.59 Å². The van der Waals surface area contributed by atoms with E-state index < -0.39 is 5.60 Å². The summed E-state index contributed by atoms with van der Waals surface area (Å²) in [5.74, 6) is 0.296. The highest BCUT2D eigenvalue weighted by Crippen LogP contribution is 2.25. The summed E-state index contributed by atoms with van der Waals surface area (Å²) in [6.45, 7) is 6.77. The fourth-order valence-corrected chi connectivity index (χ4v) is 2.27. The van der Waals surface area contributed by atoms with Crippen LogP contribution in [0.3, 0.4) is 0 Å². The third-order valence-electron chi connectivity index (χ3n) is 3.38. The molecule has 2 heterocycles. The van der Waals surface area contributed by atoms with Gasteiger partial charge in [-0.3, -0.25) is 9.89 Å². The zero-order valence-electron chi connectivity index (χ0n) is 14.1. The number of aromatic nitrogens is 2. The van der Waals surface area contributed by atoms with Crippen LogP contribution in [-0.2, 0) is 27.2 Å². The highest BCUT2D eigenvalue weighted by molar-refractivity contribution is 5.90. The summed E-state index contributed by atoms with van der Waals surface area (Å²) in [4.78, 5) is 25.6. The number of hydrogen-bond acceptors (Lipinski definition) is 5. The molecular formula is C15H24N4O4. The maximum absolute atomic E-state index is 12.2. The maximum atomic E-state index is 12.2. The lowest BCUT2D eigenvalue weighted by atomic mass is 10.1. The molecule has 1 aliphatic rings. The summed E-state index contributed by atoms with van der Waals surface area (Å²) in [5, 5.41) is 9.81. The monoisotopic (exact) mass is 324 g/mol. The van der Waals surface area contributed by atoms with Crippen molar-refractivity contribution in [3.63, 3.8) is 0 Å². The Labute approximate surface area is 135 Å². The summed E-state index contributed by atoms with van der Waals surface area (Å²) >= 11 is 0. The SMILES string of the molecule is COCCC(=O)Nc1n[nH]c2c1CN(C(=O)OC(C)(C)C)CC2. The van der Waals surface area contributed by atoms with Crippen LogP contribution < -0.4 is 5.32 Å². The number of rotatable bonds is 4. The van der Waals surface area contributed by atoms with Gasteiger partial charge in [-0.05, 0) is 20.8 Å². The standard InChI is InChI=1S/C15H24N4O4/c1-15(2,3)23-14(21)19-7-5-11-10(9-19)13(18-17-11)16-12(20)6-8-22-4/h5-9H2,1-4H3,(H2,16,17,18,20). The van der Waals surface area contributed by atoms with E-state index in [1.165, 1.54) is 0 Å². The van der Waals surface area contributed by atoms with Crippen molar-refractivity contribution in [1.82, 2.24) is 15.1 Å². The fraction of sp³-hybridized carbons (Fsp3) is 0.667. The summed E-state index contributed by atoms with van der Waals surface area (Å²) in [6, 6.07) is 0. The first-order valence-corrected chi connectivity index (χ1v) is 7.63. The van der Waals surface area contributed by atoms with Crippen molar-refractivity contribution in [2.24, 2.45) is 0 Å². The summed E-state index contributed by atoms with van der Waals surface area (Å²) in [7, 11) is 1.54. The molecule has 23 heavy (non-hydrogen) atoms. The Bertz CT molecular complexity index is 577. The number of H-pyrrole nitrogens is 1. The zero-order valence-corrected chi connectivity index (χ0v) is 14.1. The van der Waals surface area contributed by atoms with Crippen LogP contribution in [0, 0.1) is 0 Å². The number of methoxy groups -OCH3 is 1. The van der Waals surface area contributed by atoms with Gasteiger partial charge in [0, 0.05) is 31.3 Å². The van der Waals surface area contributed by atoms with Crippen LogP contribution >= 0.6 is 0 Å². The number of aromatic amines is 1. The second kappa shape index (κ2) is 6.99. The molecule has 8 nitrogen and oxygen atoms in total. The molecule has 0 spiro atoms. The number of hydrogen-bond donors (Lipinski definition) is 2. The number of ether oxygens (including phenoxy) is 2. The van der Waals surface area contributed by atoms with E-state index >= 15 is 0 Å². The van der Waals surface area contributed by atoms with E-state index in [-0.39, 0.29) is 18.4 Å². The number of carbonyl (C=O) groups excluding carboxylic acids is 2. The van der Waals surface area contributed by atoms with Gasteiger partial charge in [0.2, 0.25) is 5.91 Å². The second-order valence-electron chi connectivity index (χ2n) is 6.47. The van der Waals surface area contributed by atoms with Crippen LogP contribution in [0.4, 0.5) is 10.6 Å². The summed E-state index contributed by atoms with van der Waals surface area (Å²) in [5.41, 5.74) is 1.23. The molecule has 0 atom stereocenters. The molecular weight excluding hydrogens is 300 g/mol. The minimum Gasteiger partial charge on any atom is -0.444 e. The quantitative estimate of drug-likeness (QED) is 0.878. The van der Waals surface area contributed by atoms with Gasteiger partial charge >= 0.3 is 6.09 Å². The molecule has 2 rings (SSSR count). The van der Waals surface area contributed by atoms with Crippen LogP contribution in [0.15, 0.2) is 0 Å². The van der Waals surface area contributed by atoms with Gasteiger partial charge in [0.05, 0.1) is 19.6 Å². The minimum atomic E-state index is -0.537. The van der Waals surface area contributed by atoms with Gasteiger partial charge in [-0.25, -0.2) is 4.79 Å². The van der Waals surface area contributed by atoms with Gasteiger partial charge in [0.25, 0.3) is 0 Å². The molecule has 0 saturated carbocycles. The van der Waals surface area contributed by atoms with E-state index in [1.54, 1.807) is 12.0 Å². The maximum Gasteiger partial charge on any atom is 0.410 e. The smallest absolute Gasteiger partial charge is 0.410 e. The van der Waals surface area contributed by atoms with E-state index in [0.717, 1.165) is 11.3 Å². The Hall–Kier alpha value is -2.09. The third-order valence-corrected chi connectivity index (χ3v) is 3.38. The summed E-state index contributed by atoms with van der Waals surface area (Å²) in [6.07, 6.45) is 0.546. The first-order chi connectivity index (χ1) is 10.8. The van der Waals surface area contributed by atoms with Crippen LogP contribution in [0.25, 0.3) is 0 Å². The van der Waals surface area contributed by atoms with Crippen LogP contribution in [-0.4, -0.2) is 53.0 Å². The number of fused-ring (bicyclic) bond motifs is 1. The molecule has 0 fully saturated rings. The number of nitrogens with one attached hydrogen (secondary N) is 2. The molecule has 0 aliphatic carbocycles. The van der Waals surface area contributed by atoms with Crippen molar-refractivity contribution in [1.29, 1.82) is 0 Å². The topological polar surface area (TPSA) is 96.5 Å². The molecule has 1 aliphatic heterocycles. The fourth-order valence-electron chi connectivity index (χ4n) is 2.27. The Morgan fingerprint density at radius 2 is 2.13 bits per heavy atom. The number of amides is 2. The van der Waals surface area contributed by atoms with E-state index in [1.807, 2.05) is 20.8 Å². The predicted octanol–water partition coefficient (Wildman–Crippen LogP) is 1.68. The van der Waals surface area contributed by atoms with E-state index in [0.29, 0.717) is 31.9 Å². The average Bonchev–Trinajstić information content (AvgIpc) is 2.85. The molecule has 2 N–H and O–H groups in total. The Morgan fingerprint density at radius 3 is 2.78 bits per heavy atom. The number of anilines is 1. The minimum absolute atomic E-state index is 0.171. The predicted molar refractivity (Wildman–Crippen MR) is 84.1 cm³/mol. The van der Waals surface area contributed by atoms with Gasteiger partial charge in [-0.15, -0.1) is 0 Å². The molecule has 0 unspecified atom stereocenters. The van der Waals surface area contributed by atoms with Crippen molar-refractivity contribution in [3.8, 4) is 0 Å². The highest BCUT2D eigenvalue weighted by Gasteiger charge is 2.28. The van der Waals surface area contributed by atoms with Gasteiger partial charge in [-0.1, -0.05) is 0 Å². The van der Waals surface area contributed by atoms with Gasteiger partial charge < -0.3 is 19.7 Å². The summed E-state index contributed by atoms with van der Waals surface area (Å²) < 4.78 is 10.3. The molecule has 8 heteroatoms. The van der Waals surface area contributed by atoms with Crippen molar-refractivity contribution in [2.45, 2.75) is 45.8 Å². The van der Waals surface area contributed by atoms with Crippen molar-refractivity contribution >= 4 is 17.8 Å². The largest absolute Gasteiger partial charge is 0.444 e. The average molecular weight is 324 g/mol. The first-order valence-electron chi connectivity index (χ1n) is 7.63. The van der Waals surface area contributed by atoms with Crippen LogP contribution in [0.2, 0.25) is 0 Å². The lowest BCUT2D eigenvalue weighted by molar-refractivity contribution is -0.117. The number of nitrogens with zero attached hydrogens (tertiary/aromatic N) is 2. The molecule has 1 aromatic rings. The van der Waals surface area contributed by atoms with E-state index in [2.05, 4.69) is 15.5 Å². The molecule has 1 aromatic heterocycles. The van der Waals surface area contributed by atoms with Crippen molar-refractivity contribution in [3.05, 3.63) is 11.3 Å². The molecule has 0 bridgehead atoms. The van der Waals surface area contributed by atoms with Gasteiger partial charge in [-0.2, -0.15) is 5.10 Å².